The predicted octanol–water partition coefficient (Wildman–Crippen LogP) is 2.39. The summed E-state index contributed by atoms with van der Waals surface area (Å²) in [4.78, 5) is 13.9. The van der Waals surface area contributed by atoms with Gasteiger partial charge in [-0.25, -0.2) is 9.18 Å². The molecule has 1 fully saturated rings. The van der Waals surface area contributed by atoms with Crippen LogP contribution >= 0.6 is 0 Å². The zero-order chi connectivity index (χ0) is 16.9. The minimum absolute atomic E-state index is 0.0512. The zero-order valence-corrected chi connectivity index (χ0v) is 13.3. The lowest BCUT2D eigenvalue weighted by Gasteiger charge is -2.40. The Morgan fingerprint density at radius 2 is 2.17 bits per heavy atom. The molecule has 23 heavy (non-hydrogen) atoms. The van der Waals surface area contributed by atoms with Crippen LogP contribution in [0, 0.1) is 22.6 Å². The van der Waals surface area contributed by atoms with E-state index < -0.39 is 5.82 Å². The van der Waals surface area contributed by atoms with E-state index in [9.17, 15) is 14.3 Å². The highest BCUT2D eigenvalue weighted by Gasteiger charge is 2.33. The number of benzene rings is 1. The summed E-state index contributed by atoms with van der Waals surface area (Å²) in [6.07, 6.45) is 2.43. The molecular formula is C17H22FN3O2. The van der Waals surface area contributed by atoms with Crippen molar-refractivity contribution in [2.24, 2.45) is 5.41 Å². The number of aliphatic hydroxyl groups excluding tert-OH is 1. The van der Waals surface area contributed by atoms with E-state index >= 15 is 0 Å². The summed E-state index contributed by atoms with van der Waals surface area (Å²) in [6.45, 7) is 3.42. The van der Waals surface area contributed by atoms with Gasteiger partial charge in [0.2, 0.25) is 0 Å². The van der Waals surface area contributed by atoms with Gasteiger partial charge in [0, 0.05) is 31.8 Å². The highest BCUT2D eigenvalue weighted by Crippen LogP contribution is 2.34. The molecule has 1 aliphatic heterocycles. The Bertz CT molecular complexity index is 598. The molecular weight excluding hydrogens is 297 g/mol. The number of nitrogens with zero attached hydrogens (tertiary/aromatic N) is 2. The zero-order valence-electron chi connectivity index (χ0n) is 13.3. The molecule has 0 bridgehead atoms. The van der Waals surface area contributed by atoms with Crippen LogP contribution in [0.5, 0.6) is 0 Å². The lowest BCUT2D eigenvalue weighted by Crippen LogP contribution is -2.48. The van der Waals surface area contributed by atoms with E-state index in [1.807, 2.05) is 6.07 Å². The monoisotopic (exact) mass is 319 g/mol. The molecule has 5 nitrogen and oxygen atoms in total. The van der Waals surface area contributed by atoms with Crippen molar-refractivity contribution >= 4 is 6.03 Å². The summed E-state index contributed by atoms with van der Waals surface area (Å²) in [5.41, 5.74) is 0.585. The molecule has 0 spiro atoms. The van der Waals surface area contributed by atoms with Crippen molar-refractivity contribution in [3.8, 4) is 6.07 Å². The molecule has 0 unspecified atom stereocenters. The van der Waals surface area contributed by atoms with Crippen molar-refractivity contribution in [2.75, 3.05) is 19.7 Å². The number of urea groups is 1. The van der Waals surface area contributed by atoms with Crippen LogP contribution in [0.2, 0.25) is 0 Å². The number of likely N-dealkylation sites (tertiary alicyclic amines) is 1. The summed E-state index contributed by atoms with van der Waals surface area (Å²) in [6, 6.07) is 5.80. The summed E-state index contributed by atoms with van der Waals surface area (Å²) < 4.78 is 13.7. The van der Waals surface area contributed by atoms with E-state index in [-0.39, 0.29) is 24.6 Å². The third kappa shape index (κ3) is 3.99. The fraction of sp³-hybridized carbons (Fsp3) is 0.529. The number of nitriles is 1. The average molecular weight is 319 g/mol. The van der Waals surface area contributed by atoms with Crippen LogP contribution in [0.25, 0.3) is 0 Å². The highest BCUT2D eigenvalue weighted by molar-refractivity contribution is 5.74. The van der Waals surface area contributed by atoms with Crippen molar-refractivity contribution in [3.63, 3.8) is 0 Å². The summed E-state index contributed by atoms with van der Waals surface area (Å²) in [5.74, 6) is -0.437. The van der Waals surface area contributed by atoms with Crippen LogP contribution in [-0.4, -0.2) is 35.7 Å². The first-order valence-electron chi connectivity index (χ1n) is 7.86. The number of piperidine rings is 1. The van der Waals surface area contributed by atoms with E-state index in [0.717, 1.165) is 19.3 Å². The number of halogens is 1. The van der Waals surface area contributed by atoms with Gasteiger partial charge in [0.05, 0.1) is 11.6 Å². The highest BCUT2D eigenvalue weighted by atomic mass is 19.1. The molecule has 0 aromatic heterocycles. The summed E-state index contributed by atoms with van der Waals surface area (Å²) in [5, 5.41) is 21.1. The van der Waals surface area contributed by atoms with Gasteiger partial charge in [-0.3, -0.25) is 0 Å². The first kappa shape index (κ1) is 17.2. The fourth-order valence-electron chi connectivity index (χ4n) is 2.87. The Labute approximate surface area is 135 Å². The van der Waals surface area contributed by atoms with Crippen LogP contribution in [0.3, 0.4) is 0 Å². The van der Waals surface area contributed by atoms with Crippen molar-refractivity contribution in [3.05, 3.63) is 35.1 Å². The molecule has 2 amide bonds. The van der Waals surface area contributed by atoms with Gasteiger partial charge in [0.15, 0.2) is 0 Å². The number of amides is 2. The molecule has 0 radical (unpaired) electrons. The van der Waals surface area contributed by atoms with Crippen molar-refractivity contribution in [1.29, 1.82) is 5.26 Å². The summed E-state index contributed by atoms with van der Waals surface area (Å²) in [7, 11) is 0. The number of aliphatic hydroxyl groups is 1. The average Bonchev–Trinajstić information content (AvgIpc) is 2.60. The second-order valence-electron chi connectivity index (χ2n) is 6.08. The topological polar surface area (TPSA) is 76.4 Å². The smallest absolute Gasteiger partial charge is 0.317 e. The predicted molar refractivity (Wildman–Crippen MR) is 84.0 cm³/mol. The number of carbonyl (C=O) groups excluding carboxylic acids is 1. The minimum atomic E-state index is -0.437. The normalized spacial score (nSPS) is 16.7. The number of hydrogen-bond donors (Lipinski definition) is 2. The molecule has 1 aliphatic rings. The molecule has 1 aromatic rings. The van der Waals surface area contributed by atoms with Crippen LogP contribution < -0.4 is 5.32 Å². The maximum atomic E-state index is 13.7. The molecule has 1 saturated heterocycles. The largest absolute Gasteiger partial charge is 0.396 e. The molecule has 0 atom stereocenters. The lowest BCUT2D eigenvalue weighted by atomic mass is 9.77. The van der Waals surface area contributed by atoms with Crippen LogP contribution in [-0.2, 0) is 6.54 Å². The summed E-state index contributed by atoms with van der Waals surface area (Å²) >= 11 is 0. The van der Waals surface area contributed by atoms with Gasteiger partial charge in [-0.05, 0) is 42.9 Å². The van der Waals surface area contributed by atoms with E-state index in [0.29, 0.717) is 24.2 Å². The van der Waals surface area contributed by atoms with Crippen LogP contribution in [0.15, 0.2) is 18.2 Å². The SMILES string of the molecule is CCC1(CO)CCN(C(=O)NCc2cc(C#N)ccc2F)CC1. The van der Waals surface area contributed by atoms with Gasteiger partial charge < -0.3 is 15.3 Å². The Morgan fingerprint density at radius 1 is 1.48 bits per heavy atom. The van der Waals surface area contributed by atoms with Gasteiger partial charge in [-0.1, -0.05) is 6.92 Å². The van der Waals surface area contributed by atoms with E-state index in [4.69, 9.17) is 5.26 Å². The first-order chi connectivity index (χ1) is 11.0. The van der Waals surface area contributed by atoms with Gasteiger partial charge in [-0.2, -0.15) is 5.26 Å². The second kappa shape index (κ2) is 7.42. The maximum absolute atomic E-state index is 13.7. The van der Waals surface area contributed by atoms with Gasteiger partial charge in [0.1, 0.15) is 5.82 Å². The standard InChI is InChI=1S/C17H22FN3O2/c1-2-17(12-22)5-7-21(8-6-17)16(23)20-11-14-9-13(10-19)3-4-15(14)18/h3-4,9,22H,2,5-8,11-12H2,1H3,(H,20,23). The van der Waals surface area contributed by atoms with E-state index in [1.54, 1.807) is 4.90 Å². The fourth-order valence-corrected chi connectivity index (χ4v) is 2.87. The second-order valence-corrected chi connectivity index (χ2v) is 6.08. The Balaban J connectivity index is 1.90. The van der Waals surface area contributed by atoms with Gasteiger partial charge in [0.25, 0.3) is 0 Å². The molecule has 0 saturated carbocycles. The van der Waals surface area contributed by atoms with Crippen molar-refractivity contribution < 1.29 is 14.3 Å². The Hall–Kier alpha value is -2.13. The third-order valence-corrected chi connectivity index (χ3v) is 4.80. The van der Waals surface area contributed by atoms with Gasteiger partial charge in [-0.15, -0.1) is 0 Å². The Morgan fingerprint density at radius 3 is 2.74 bits per heavy atom. The molecule has 2 rings (SSSR count). The number of carbonyl (C=O) groups is 1. The quantitative estimate of drug-likeness (QED) is 0.894. The lowest BCUT2D eigenvalue weighted by molar-refractivity contribution is 0.0519. The van der Waals surface area contributed by atoms with Crippen molar-refractivity contribution in [2.45, 2.75) is 32.7 Å². The molecule has 124 valence electrons. The van der Waals surface area contributed by atoms with Crippen molar-refractivity contribution in [1.82, 2.24) is 10.2 Å². The maximum Gasteiger partial charge on any atom is 0.317 e. The van der Waals surface area contributed by atoms with Gasteiger partial charge >= 0.3 is 6.03 Å². The number of rotatable bonds is 4. The van der Waals surface area contributed by atoms with Crippen LogP contribution in [0.4, 0.5) is 9.18 Å². The third-order valence-electron chi connectivity index (χ3n) is 4.80. The minimum Gasteiger partial charge on any atom is -0.396 e. The molecule has 6 heteroatoms. The van der Waals surface area contributed by atoms with E-state index in [2.05, 4.69) is 12.2 Å². The Kier molecular flexibility index (Phi) is 5.56. The number of hydrogen-bond acceptors (Lipinski definition) is 3. The molecule has 1 aromatic carbocycles. The molecule has 1 heterocycles. The molecule has 0 aliphatic carbocycles. The van der Waals surface area contributed by atoms with E-state index in [1.165, 1.54) is 18.2 Å². The number of nitrogens with one attached hydrogen (secondary N) is 1. The first-order valence-corrected chi connectivity index (χ1v) is 7.86. The van der Waals surface area contributed by atoms with Crippen LogP contribution in [0.1, 0.15) is 37.3 Å². The molecule has 2 N–H and O–H groups in total.